The van der Waals surface area contributed by atoms with Gasteiger partial charge in [0, 0.05) is 13.1 Å². The van der Waals surface area contributed by atoms with Crippen LogP contribution >= 0.6 is 0 Å². The van der Waals surface area contributed by atoms with E-state index in [-0.39, 0.29) is 25.5 Å². The molecule has 1 aliphatic heterocycles. The van der Waals surface area contributed by atoms with Crippen LogP contribution in [-0.4, -0.2) is 48.6 Å². The lowest BCUT2D eigenvalue weighted by Gasteiger charge is -2.36. The van der Waals surface area contributed by atoms with Crippen molar-refractivity contribution in [3.8, 4) is 5.75 Å². The molecule has 1 saturated carbocycles. The van der Waals surface area contributed by atoms with Gasteiger partial charge >= 0.3 is 0 Å². The molecule has 136 valence electrons. The van der Waals surface area contributed by atoms with Crippen LogP contribution in [0.5, 0.6) is 5.75 Å². The van der Waals surface area contributed by atoms with Crippen LogP contribution in [0.25, 0.3) is 0 Å². The number of ether oxygens (including phenoxy) is 1. The fourth-order valence-electron chi connectivity index (χ4n) is 2.89. The van der Waals surface area contributed by atoms with Crippen molar-refractivity contribution in [3.63, 3.8) is 0 Å². The first-order valence-corrected chi connectivity index (χ1v) is 8.60. The fraction of sp³-hybridized carbons (Fsp3) is 0.556. The highest BCUT2D eigenvalue weighted by atomic mass is 19.1. The topological polar surface area (TPSA) is 58.6 Å². The number of piperidine rings is 1. The minimum atomic E-state index is -2.04. The average molecular weight is 352 g/mol. The van der Waals surface area contributed by atoms with Crippen LogP contribution in [-0.2, 0) is 9.59 Å². The van der Waals surface area contributed by atoms with E-state index in [4.69, 9.17) is 4.74 Å². The highest BCUT2D eigenvalue weighted by molar-refractivity contribution is 5.87. The van der Waals surface area contributed by atoms with Gasteiger partial charge in [0.25, 0.3) is 11.8 Å². The van der Waals surface area contributed by atoms with E-state index in [2.05, 4.69) is 5.32 Å². The predicted molar refractivity (Wildman–Crippen MR) is 87.3 cm³/mol. The Morgan fingerprint density at radius 1 is 1.28 bits per heavy atom. The molecule has 1 aliphatic carbocycles. The van der Waals surface area contributed by atoms with Gasteiger partial charge in [-0.1, -0.05) is 0 Å². The van der Waals surface area contributed by atoms with E-state index in [9.17, 15) is 18.4 Å². The Kier molecular flexibility index (Phi) is 5.20. The second-order valence-corrected chi connectivity index (χ2v) is 6.78. The maximum atomic E-state index is 15.0. The molecule has 5 nitrogen and oxygen atoms in total. The summed E-state index contributed by atoms with van der Waals surface area (Å²) in [6.07, 6.45) is 2.69. The monoisotopic (exact) mass is 352 g/mol. The van der Waals surface area contributed by atoms with E-state index < -0.39 is 17.4 Å². The van der Waals surface area contributed by atoms with Crippen LogP contribution in [0, 0.1) is 11.7 Å². The van der Waals surface area contributed by atoms with Gasteiger partial charge in [0.05, 0.1) is 6.54 Å². The molecule has 2 amide bonds. The smallest absolute Gasteiger partial charge is 0.260 e. The third-order valence-corrected chi connectivity index (χ3v) is 4.63. The molecule has 1 unspecified atom stereocenters. The Labute approximate surface area is 145 Å². The first-order valence-electron chi connectivity index (χ1n) is 8.60. The number of nitrogens with zero attached hydrogens (tertiary/aromatic N) is 1. The first kappa shape index (κ1) is 17.6. The number of rotatable bonds is 6. The summed E-state index contributed by atoms with van der Waals surface area (Å²) >= 11 is 0. The van der Waals surface area contributed by atoms with Crippen LogP contribution < -0.4 is 10.1 Å². The molecule has 1 saturated heterocycles. The maximum Gasteiger partial charge on any atom is 0.260 e. The van der Waals surface area contributed by atoms with Crippen molar-refractivity contribution in [2.45, 2.75) is 31.4 Å². The summed E-state index contributed by atoms with van der Waals surface area (Å²) in [5, 5.41) is 2.66. The molecule has 0 spiro atoms. The minimum Gasteiger partial charge on any atom is -0.484 e. The van der Waals surface area contributed by atoms with Crippen molar-refractivity contribution in [1.29, 1.82) is 0 Å². The number of halogens is 2. The van der Waals surface area contributed by atoms with Crippen LogP contribution in [0.15, 0.2) is 24.3 Å². The molecule has 1 aromatic carbocycles. The molecule has 0 aromatic heterocycles. The summed E-state index contributed by atoms with van der Waals surface area (Å²) in [6, 6.07) is 5.31. The lowest BCUT2D eigenvalue weighted by molar-refractivity contribution is -0.144. The molecule has 0 bridgehead atoms. The maximum absolute atomic E-state index is 15.0. The van der Waals surface area contributed by atoms with Crippen LogP contribution in [0.2, 0.25) is 0 Å². The molecule has 1 aromatic rings. The van der Waals surface area contributed by atoms with Gasteiger partial charge in [-0.05, 0) is 55.9 Å². The Bertz CT molecular complexity index is 634. The molecular weight excluding hydrogens is 330 g/mol. The summed E-state index contributed by atoms with van der Waals surface area (Å²) in [5.41, 5.74) is -2.04. The van der Waals surface area contributed by atoms with Gasteiger partial charge < -0.3 is 15.0 Å². The molecule has 0 radical (unpaired) electrons. The molecule has 1 heterocycles. The van der Waals surface area contributed by atoms with Crippen molar-refractivity contribution < 1.29 is 23.1 Å². The number of hydrogen-bond acceptors (Lipinski definition) is 3. The van der Waals surface area contributed by atoms with E-state index in [1.165, 1.54) is 29.2 Å². The number of nitrogens with one attached hydrogen (secondary N) is 1. The van der Waals surface area contributed by atoms with E-state index in [1.54, 1.807) is 0 Å². The second kappa shape index (κ2) is 7.37. The predicted octanol–water partition coefficient (Wildman–Crippen LogP) is 2.06. The van der Waals surface area contributed by atoms with Crippen LogP contribution in [0.1, 0.15) is 25.7 Å². The number of alkyl halides is 1. The van der Waals surface area contributed by atoms with Gasteiger partial charge in [-0.3, -0.25) is 9.59 Å². The van der Waals surface area contributed by atoms with Crippen molar-refractivity contribution in [2.75, 3.05) is 26.2 Å². The molecule has 3 rings (SSSR count). The van der Waals surface area contributed by atoms with E-state index in [0.717, 1.165) is 12.8 Å². The van der Waals surface area contributed by atoms with E-state index in [0.29, 0.717) is 31.2 Å². The summed E-state index contributed by atoms with van der Waals surface area (Å²) in [4.78, 5) is 25.7. The minimum absolute atomic E-state index is 0.117. The number of carbonyl (C=O) groups is 2. The average Bonchev–Trinajstić information content (AvgIpc) is 3.43. The molecule has 1 N–H and O–H groups in total. The molecular formula is C18H22F2N2O3. The van der Waals surface area contributed by atoms with Gasteiger partial charge in [0.15, 0.2) is 6.61 Å². The second-order valence-electron chi connectivity index (χ2n) is 6.78. The highest BCUT2D eigenvalue weighted by Gasteiger charge is 2.44. The number of carbonyl (C=O) groups excluding carboxylic acids is 2. The lowest BCUT2D eigenvalue weighted by Crippen LogP contribution is -2.56. The lowest BCUT2D eigenvalue weighted by atomic mass is 9.93. The number of amides is 2. The first-order chi connectivity index (χ1) is 12.0. The quantitative estimate of drug-likeness (QED) is 0.853. The SMILES string of the molecule is O=C(COc1ccc(F)cc1)N1CCCC(F)(C(=O)NCC2CC2)C1. The van der Waals surface area contributed by atoms with E-state index >= 15 is 0 Å². The zero-order valence-electron chi connectivity index (χ0n) is 14.0. The number of likely N-dealkylation sites (tertiary alicyclic amines) is 1. The zero-order valence-corrected chi connectivity index (χ0v) is 14.0. The van der Waals surface area contributed by atoms with Gasteiger partial charge in [-0.25, -0.2) is 8.78 Å². The third-order valence-electron chi connectivity index (χ3n) is 4.63. The Morgan fingerprint density at radius 2 is 2.00 bits per heavy atom. The normalized spacial score (nSPS) is 23.2. The molecule has 2 aliphatic rings. The van der Waals surface area contributed by atoms with Crippen molar-refractivity contribution >= 4 is 11.8 Å². The van der Waals surface area contributed by atoms with Gasteiger partial charge in [0.2, 0.25) is 5.67 Å². The van der Waals surface area contributed by atoms with Gasteiger partial charge in [-0.15, -0.1) is 0 Å². The standard InChI is InChI=1S/C18H22F2N2O3/c19-14-4-6-15(7-5-14)25-11-16(23)22-9-1-8-18(20,12-22)17(24)21-10-13-2-3-13/h4-7,13H,1-3,8-12H2,(H,21,24). The molecule has 25 heavy (non-hydrogen) atoms. The van der Waals surface area contributed by atoms with Crippen LogP contribution in [0.4, 0.5) is 8.78 Å². The molecule has 7 heteroatoms. The van der Waals surface area contributed by atoms with Crippen LogP contribution in [0.3, 0.4) is 0 Å². The largest absolute Gasteiger partial charge is 0.484 e. The van der Waals surface area contributed by atoms with Gasteiger partial charge in [0.1, 0.15) is 11.6 Å². The zero-order chi connectivity index (χ0) is 17.9. The van der Waals surface area contributed by atoms with Crippen molar-refractivity contribution in [1.82, 2.24) is 10.2 Å². The molecule has 2 fully saturated rings. The highest BCUT2D eigenvalue weighted by Crippen LogP contribution is 2.29. The van der Waals surface area contributed by atoms with Gasteiger partial charge in [-0.2, -0.15) is 0 Å². The summed E-state index contributed by atoms with van der Waals surface area (Å²) < 4.78 is 33.1. The summed E-state index contributed by atoms with van der Waals surface area (Å²) in [5.74, 6) is -0.579. The Balaban J connectivity index is 1.51. The van der Waals surface area contributed by atoms with Crippen molar-refractivity contribution in [2.24, 2.45) is 5.92 Å². The number of hydrogen-bond donors (Lipinski definition) is 1. The third kappa shape index (κ3) is 4.67. The number of benzene rings is 1. The summed E-state index contributed by atoms with van der Waals surface area (Å²) in [7, 11) is 0. The Hall–Kier alpha value is -2.18. The molecule has 1 atom stereocenters. The fourth-order valence-corrected chi connectivity index (χ4v) is 2.89. The van der Waals surface area contributed by atoms with Crippen molar-refractivity contribution in [3.05, 3.63) is 30.1 Å². The summed E-state index contributed by atoms with van der Waals surface area (Å²) in [6.45, 7) is 0.375. The van der Waals surface area contributed by atoms with E-state index in [1.807, 2.05) is 0 Å². The Morgan fingerprint density at radius 3 is 2.68 bits per heavy atom.